The summed E-state index contributed by atoms with van der Waals surface area (Å²) in [5.74, 6) is 0. The fourth-order valence-electron chi connectivity index (χ4n) is 2.25. The Hall–Kier alpha value is -1.10. The highest BCUT2D eigenvalue weighted by Gasteiger charge is 2.51. The molecule has 0 unspecified atom stereocenters. The summed E-state index contributed by atoms with van der Waals surface area (Å²) < 4.78 is 12.1. The van der Waals surface area contributed by atoms with Gasteiger partial charge in [0.2, 0.25) is 0 Å². The molecule has 0 spiro atoms. The lowest BCUT2D eigenvalue weighted by Gasteiger charge is -2.32. The van der Waals surface area contributed by atoms with E-state index in [1.165, 1.54) is 0 Å². The summed E-state index contributed by atoms with van der Waals surface area (Å²) in [6.45, 7) is 8.19. The van der Waals surface area contributed by atoms with Crippen molar-refractivity contribution in [3.63, 3.8) is 0 Å². The maximum atomic E-state index is 6.05. The van der Waals surface area contributed by atoms with E-state index in [4.69, 9.17) is 20.9 Å². The molecular weight excluding hydrogens is 272 g/mol. The molecule has 0 amide bonds. The lowest BCUT2D eigenvalue weighted by Crippen LogP contribution is -2.41. The van der Waals surface area contributed by atoms with Gasteiger partial charge < -0.3 is 9.31 Å². The Balaban J connectivity index is 2.00. The Bertz CT molecular complexity index is 656. The van der Waals surface area contributed by atoms with Crippen LogP contribution in [-0.4, -0.2) is 23.3 Å². The fraction of sp³-hybridized carbons (Fsp3) is 0.400. The Morgan fingerprint density at radius 3 is 2.35 bits per heavy atom. The summed E-state index contributed by atoms with van der Waals surface area (Å²) >= 11 is 6.00. The molecule has 3 nitrogen and oxygen atoms in total. The van der Waals surface area contributed by atoms with Crippen molar-refractivity contribution in [2.24, 2.45) is 0 Å². The number of nitrogens with zero attached hydrogens (tertiary/aromatic N) is 1. The van der Waals surface area contributed by atoms with Gasteiger partial charge in [-0.25, -0.2) is 0 Å². The zero-order valence-electron chi connectivity index (χ0n) is 12.1. The van der Waals surface area contributed by atoms with Crippen molar-refractivity contribution < 1.29 is 9.31 Å². The zero-order valence-corrected chi connectivity index (χ0v) is 12.9. The van der Waals surface area contributed by atoms with Gasteiger partial charge in [-0.2, -0.15) is 0 Å². The van der Waals surface area contributed by atoms with Crippen LogP contribution in [0.5, 0.6) is 0 Å². The van der Waals surface area contributed by atoms with Gasteiger partial charge in [0, 0.05) is 11.6 Å². The molecule has 5 heteroatoms. The van der Waals surface area contributed by atoms with Crippen molar-refractivity contribution in [1.29, 1.82) is 0 Å². The van der Waals surface area contributed by atoms with Gasteiger partial charge in [-0.3, -0.25) is 4.98 Å². The molecule has 20 heavy (non-hydrogen) atoms. The van der Waals surface area contributed by atoms with E-state index in [1.54, 1.807) is 6.20 Å². The number of hydrogen-bond donors (Lipinski definition) is 0. The van der Waals surface area contributed by atoms with Crippen LogP contribution in [0.3, 0.4) is 0 Å². The molecule has 0 atom stereocenters. The van der Waals surface area contributed by atoms with Gasteiger partial charge in [0.15, 0.2) is 0 Å². The average molecular weight is 290 g/mol. The van der Waals surface area contributed by atoms with E-state index in [2.05, 4.69) is 4.98 Å². The van der Waals surface area contributed by atoms with Crippen LogP contribution in [0.1, 0.15) is 27.7 Å². The third-order valence-electron chi connectivity index (χ3n) is 4.20. The van der Waals surface area contributed by atoms with Gasteiger partial charge in [0.25, 0.3) is 0 Å². The zero-order chi connectivity index (χ0) is 14.5. The maximum Gasteiger partial charge on any atom is 0.494 e. The van der Waals surface area contributed by atoms with Gasteiger partial charge in [-0.05, 0) is 45.3 Å². The summed E-state index contributed by atoms with van der Waals surface area (Å²) in [5, 5.41) is 1.62. The highest BCUT2D eigenvalue weighted by molar-refractivity contribution is 6.62. The molecule has 2 heterocycles. The lowest BCUT2D eigenvalue weighted by atomic mass is 9.78. The molecule has 1 aliphatic rings. The fourth-order valence-corrected chi connectivity index (χ4v) is 2.42. The smallest absolute Gasteiger partial charge is 0.399 e. The monoisotopic (exact) mass is 289 g/mol. The average Bonchev–Trinajstić information content (AvgIpc) is 2.57. The molecular formula is C15H17BClNO2. The van der Waals surface area contributed by atoms with Gasteiger partial charge >= 0.3 is 7.12 Å². The predicted molar refractivity (Wildman–Crippen MR) is 82.5 cm³/mol. The first-order valence-corrected chi connectivity index (χ1v) is 7.07. The molecule has 1 aliphatic heterocycles. The van der Waals surface area contributed by atoms with Crippen molar-refractivity contribution in [3.8, 4) is 0 Å². The van der Waals surface area contributed by atoms with Gasteiger partial charge in [0.05, 0.1) is 21.7 Å². The van der Waals surface area contributed by atoms with Crippen LogP contribution in [0.4, 0.5) is 0 Å². The Labute approximate surface area is 124 Å². The van der Waals surface area contributed by atoms with Crippen LogP contribution >= 0.6 is 11.6 Å². The summed E-state index contributed by atoms with van der Waals surface area (Å²) in [6.07, 6.45) is 1.65. The lowest BCUT2D eigenvalue weighted by molar-refractivity contribution is 0.00578. The van der Waals surface area contributed by atoms with E-state index in [9.17, 15) is 0 Å². The first-order chi connectivity index (χ1) is 9.28. The minimum absolute atomic E-state index is 0.334. The van der Waals surface area contributed by atoms with E-state index in [1.807, 2.05) is 52.0 Å². The van der Waals surface area contributed by atoms with Crippen LogP contribution in [0.25, 0.3) is 10.9 Å². The second-order valence-electron chi connectivity index (χ2n) is 6.19. The molecule has 0 aliphatic carbocycles. The van der Waals surface area contributed by atoms with E-state index in [-0.39, 0.29) is 18.3 Å². The molecule has 1 saturated heterocycles. The minimum atomic E-state index is -0.358. The van der Waals surface area contributed by atoms with E-state index >= 15 is 0 Å². The largest absolute Gasteiger partial charge is 0.494 e. The normalized spacial score (nSPS) is 20.6. The van der Waals surface area contributed by atoms with Crippen LogP contribution in [0.2, 0.25) is 5.02 Å². The number of fused-ring (bicyclic) bond motifs is 1. The quantitative estimate of drug-likeness (QED) is 0.756. The highest BCUT2D eigenvalue weighted by Crippen LogP contribution is 2.36. The third-order valence-corrected chi connectivity index (χ3v) is 4.40. The number of halogens is 1. The molecule has 1 fully saturated rings. The molecule has 104 valence electrons. The van der Waals surface area contributed by atoms with Gasteiger partial charge in [0.1, 0.15) is 0 Å². The topological polar surface area (TPSA) is 31.4 Å². The Kier molecular flexibility index (Phi) is 3.09. The summed E-state index contributed by atoms with van der Waals surface area (Å²) in [6, 6.07) is 7.88. The highest BCUT2D eigenvalue weighted by atomic mass is 35.5. The van der Waals surface area contributed by atoms with Crippen molar-refractivity contribution in [3.05, 3.63) is 35.5 Å². The van der Waals surface area contributed by atoms with Gasteiger partial charge in [-0.1, -0.05) is 23.7 Å². The first-order valence-electron chi connectivity index (χ1n) is 6.69. The molecule has 0 N–H and O–H groups in total. The van der Waals surface area contributed by atoms with Crippen molar-refractivity contribution in [1.82, 2.24) is 4.98 Å². The third kappa shape index (κ3) is 2.22. The SMILES string of the molecule is CC1(C)OB(c2ccc3ncc(Cl)cc3c2)OC1(C)C. The maximum absolute atomic E-state index is 6.05. The van der Waals surface area contributed by atoms with Crippen LogP contribution in [-0.2, 0) is 9.31 Å². The molecule has 1 aromatic carbocycles. The van der Waals surface area contributed by atoms with E-state index in [0.29, 0.717) is 5.02 Å². The molecule has 0 saturated carbocycles. The summed E-state index contributed by atoms with van der Waals surface area (Å²) in [7, 11) is -0.358. The standard InChI is InChI=1S/C15H17BClNO2/c1-14(2)15(3,4)20-16(19-14)11-5-6-13-10(7-11)8-12(17)9-18-13/h5-9H,1-4H3. The first kappa shape index (κ1) is 13.9. The molecule has 1 aromatic heterocycles. The number of rotatable bonds is 1. The summed E-state index contributed by atoms with van der Waals surface area (Å²) in [5.41, 5.74) is 1.23. The van der Waals surface area contributed by atoms with Gasteiger partial charge in [-0.15, -0.1) is 0 Å². The van der Waals surface area contributed by atoms with Crippen LogP contribution in [0, 0.1) is 0 Å². The summed E-state index contributed by atoms with van der Waals surface area (Å²) in [4.78, 5) is 4.29. The van der Waals surface area contributed by atoms with Crippen molar-refractivity contribution in [2.45, 2.75) is 38.9 Å². The molecule has 2 aromatic rings. The van der Waals surface area contributed by atoms with Crippen molar-refractivity contribution in [2.75, 3.05) is 0 Å². The van der Waals surface area contributed by atoms with Crippen LogP contribution < -0.4 is 5.46 Å². The van der Waals surface area contributed by atoms with E-state index in [0.717, 1.165) is 16.4 Å². The molecule has 0 radical (unpaired) electrons. The predicted octanol–water partition coefficient (Wildman–Crippen LogP) is 3.19. The Morgan fingerprint density at radius 2 is 1.70 bits per heavy atom. The second kappa shape index (κ2) is 4.45. The minimum Gasteiger partial charge on any atom is -0.399 e. The number of benzene rings is 1. The molecule has 3 rings (SSSR count). The number of pyridine rings is 1. The van der Waals surface area contributed by atoms with E-state index < -0.39 is 0 Å². The van der Waals surface area contributed by atoms with Crippen molar-refractivity contribution >= 4 is 35.1 Å². The number of aromatic nitrogens is 1. The molecule has 0 bridgehead atoms. The Morgan fingerprint density at radius 1 is 1.05 bits per heavy atom. The second-order valence-corrected chi connectivity index (χ2v) is 6.63. The number of hydrogen-bond acceptors (Lipinski definition) is 3. The van der Waals surface area contributed by atoms with Crippen LogP contribution in [0.15, 0.2) is 30.5 Å².